The predicted molar refractivity (Wildman–Crippen MR) is 415 cm³/mol. The van der Waals surface area contributed by atoms with Crippen LogP contribution in [0.4, 0.5) is 51.2 Å². The molecule has 0 radical (unpaired) electrons. The minimum absolute atomic E-state index is 0.00670. The summed E-state index contributed by atoms with van der Waals surface area (Å²) < 4.78 is 5.33. The molecular formula is C89H93BN4S. The number of nitrogens with zero attached hydrogens (tertiary/aromatic N) is 4. The number of fused-ring (bicyclic) bond motifs is 12. The van der Waals surface area contributed by atoms with Crippen molar-refractivity contribution in [3.05, 3.63) is 245 Å². The summed E-state index contributed by atoms with van der Waals surface area (Å²) in [5.41, 5.74) is 29.5. The van der Waals surface area contributed by atoms with Crippen molar-refractivity contribution in [1.29, 1.82) is 0 Å². The maximum absolute atomic E-state index is 2.75. The van der Waals surface area contributed by atoms with Gasteiger partial charge in [0.2, 0.25) is 0 Å². The van der Waals surface area contributed by atoms with Crippen LogP contribution in [-0.4, -0.2) is 11.3 Å². The molecule has 0 saturated heterocycles. The molecule has 478 valence electrons. The van der Waals surface area contributed by atoms with E-state index in [0.29, 0.717) is 0 Å². The summed E-state index contributed by atoms with van der Waals surface area (Å²) in [5.74, 6) is 0. The molecule has 0 fully saturated rings. The maximum atomic E-state index is 2.75. The Kier molecular flexibility index (Phi) is 14.0. The predicted octanol–water partition coefficient (Wildman–Crippen LogP) is 23.6. The van der Waals surface area contributed by atoms with Crippen molar-refractivity contribution in [1.82, 2.24) is 4.57 Å². The maximum Gasteiger partial charge on any atom is 0.252 e. The monoisotopic (exact) mass is 1260 g/mol. The van der Waals surface area contributed by atoms with Crippen LogP contribution in [0.1, 0.15) is 183 Å². The quantitative estimate of drug-likeness (QED) is 0.148. The van der Waals surface area contributed by atoms with E-state index in [4.69, 9.17) is 0 Å². The van der Waals surface area contributed by atoms with Gasteiger partial charge in [0.15, 0.2) is 0 Å². The Morgan fingerprint density at radius 1 is 0.358 bits per heavy atom. The lowest BCUT2D eigenvalue weighted by atomic mass is 9.33. The lowest BCUT2D eigenvalue weighted by molar-refractivity contribution is 0.590. The van der Waals surface area contributed by atoms with Crippen LogP contribution in [0, 0.1) is 0 Å². The molecular weight excluding hydrogens is 1170 g/mol. The minimum Gasteiger partial charge on any atom is -0.310 e. The largest absolute Gasteiger partial charge is 0.310 e. The van der Waals surface area contributed by atoms with E-state index in [2.05, 4.69) is 358 Å². The molecule has 0 atom stereocenters. The fourth-order valence-corrected chi connectivity index (χ4v) is 17.0. The summed E-state index contributed by atoms with van der Waals surface area (Å²) in [7, 11) is 0. The van der Waals surface area contributed by atoms with Crippen molar-refractivity contribution in [2.75, 3.05) is 14.7 Å². The van der Waals surface area contributed by atoms with Gasteiger partial charge in [-0.25, -0.2) is 0 Å². The van der Waals surface area contributed by atoms with Crippen LogP contribution in [0.3, 0.4) is 0 Å². The topological polar surface area (TPSA) is 14.7 Å². The molecule has 0 spiro atoms. The summed E-state index contributed by atoms with van der Waals surface area (Å²) >= 11 is 1.94. The lowest BCUT2D eigenvalue weighted by Crippen LogP contribution is -2.60. The van der Waals surface area contributed by atoms with E-state index in [1.54, 1.807) is 0 Å². The van der Waals surface area contributed by atoms with E-state index in [0.717, 1.165) is 34.1 Å². The Hall–Kier alpha value is -8.58. The minimum atomic E-state index is -0.276. The molecule has 3 aliphatic rings. The number of thiophene rings is 1. The van der Waals surface area contributed by atoms with Crippen molar-refractivity contribution in [2.45, 2.75) is 176 Å². The number of benzene rings is 10. The van der Waals surface area contributed by atoms with Crippen LogP contribution in [0.5, 0.6) is 0 Å². The third-order valence-corrected chi connectivity index (χ3v) is 22.5. The molecule has 15 rings (SSSR count). The molecule has 4 nitrogen and oxygen atoms in total. The first kappa shape index (κ1) is 62.5. The SMILES string of the molecule is CC(C)(C)c1ccc(N(c2ccc(C(C)(C)C)cc2)c2ccc3c(c2)N(c2cccc4c2sc2cc(C(C)(C)C)ccc24)c2cc(N(c4ccc(C(C)(C)C)cc4)c4ccc(C(C)(C)C)cc4)cc4c2B3c2cc(C(C)(C)C)cc3c5c(n-4c23)-c2ccccc2C5(C)C)cc1. The highest BCUT2D eigenvalue weighted by Crippen LogP contribution is 2.57. The van der Waals surface area contributed by atoms with Gasteiger partial charge in [0.05, 0.1) is 21.8 Å². The van der Waals surface area contributed by atoms with Crippen LogP contribution in [0.2, 0.25) is 0 Å². The molecule has 12 aromatic rings. The van der Waals surface area contributed by atoms with Crippen LogP contribution >= 0.6 is 11.3 Å². The van der Waals surface area contributed by atoms with Gasteiger partial charge in [-0.2, -0.15) is 0 Å². The number of hydrogen-bond acceptors (Lipinski definition) is 4. The first-order chi connectivity index (χ1) is 44.7. The van der Waals surface area contributed by atoms with Gasteiger partial charge in [-0.1, -0.05) is 248 Å². The summed E-state index contributed by atoms with van der Waals surface area (Å²) in [6.07, 6.45) is 0. The van der Waals surface area contributed by atoms with Crippen molar-refractivity contribution in [3.8, 4) is 16.9 Å². The van der Waals surface area contributed by atoms with E-state index in [9.17, 15) is 0 Å². The molecule has 0 N–H and O–H groups in total. The highest BCUT2D eigenvalue weighted by atomic mass is 32.1. The summed E-state index contributed by atoms with van der Waals surface area (Å²) in [4.78, 5) is 7.76. The third kappa shape index (κ3) is 10.1. The van der Waals surface area contributed by atoms with E-state index >= 15 is 0 Å². The number of aromatic nitrogens is 1. The standard InChI is InChI=1S/C89H93BN4S/c1-83(2,3)54-28-37-60(38-29-54)91(61-39-30-55(31-40-61)84(4,5)6)64-45-47-71-74(51-64)93(73-27-23-25-67-66-46-36-58(87(13,14)15)50-77(66)95-82(67)73)75-52-65(92(62-41-32-56(33-42-62)85(7,8)9)63-43-34-57(35-44-63)86(10,11)12)53-76-79(75)90(71)72-49-59(88(16,17)18)48-69-78-81(94(76)80(69)72)68-24-21-22-26-70(68)89(78,19)20/h21-53H,1-20H3. The molecule has 1 aliphatic carbocycles. The summed E-state index contributed by atoms with van der Waals surface area (Å²) in [6.45, 7) is 46.8. The first-order valence-corrected chi connectivity index (χ1v) is 35.4. The molecule has 2 aliphatic heterocycles. The average Bonchev–Trinajstić information content (AvgIpc) is 1.55. The van der Waals surface area contributed by atoms with E-state index in [1.165, 1.54) is 126 Å². The zero-order valence-electron chi connectivity index (χ0n) is 59.8. The van der Waals surface area contributed by atoms with Crippen molar-refractivity contribution in [3.63, 3.8) is 0 Å². The highest BCUT2D eigenvalue weighted by Gasteiger charge is 2.48. The molecule has 0 unspecified atom stereocenters. The Bertz CT molecular complexity index is 4960. The van der Waals surface area contributed by atoms with Crippen LogP contribution in [-0.2, 0) is 37.9 Å². The molecule has 6 heteroatoms. The fraction of sp³-hybridized carbons (Fsp3) is 0.303. The van der Waals surface area contributed by atoms with Gasteiger partial charge in [0, 0.05) is 82.9 Å². The average molecular weight is 1260 g/mol. The van der Waals surface area contributed by atoms with Crippen LogP contribution in [0.25, 0.3) is 48.0 Å². The van der Waals surface area contributed by atoms with Gasteiger partial charge < -0.3 is 19.3 Å². The van der Waals surface area contributed by atoms with Gasteiger partial charge in [-0.05, 0) is 184 Å². The number of hydrogen-bond donors (Lipinski definition) is 0. The van der Waals surface area contributed by atoms with Gasteiger partial charge in [-0.3, -0.25) is 0 Å². The Morgan fingerprint density at radius 3 is 1.34 bits per heavy atom. The summed E-state index contributed by atoms with van der Waals surface area (Å²) in [5, 5.41) is 3.92. The second kappa shape index (κ2) is 21.2. The molecule has 95 heavy (non-hydrogen) atoms. The smallest absolute Gasteiger partial charge is 0.252 e. The number of rotatable bonds is 7. The molecule has 10 aromatic carbocycles. The zero-order valence-corrected chi connectivity index (χ0v) is 60.6. The van der Waals surface area contributed by atoms with Crippen molar-refractivity contribution >= 4 is 117 Å². The van der Waals surface area contributed by atoms with Crippen molar-refractivity contribution in [2.24, 2.45) is 0 Å². The second-order valence-electron chi connectivity index (χ2n) is 34.4. The molecule has 4 heterocycles. The Morgan fingerprint density at radius 2 is 0.821 bits per heavy atom. The van der Waals surface area contributed by atoms with Gasteiger partial charge in [0.1, 0.15) is 0 Å². The normalized spacial score (nSPS) is 14.4. The third-order valence-electron chi connectivity index (χ3n) is 21.3. The highest BCUT2D eigenvalue weighted by molar-refractivity contribution is 7.26. The van der Waals surface area contributed by atoms with Crippen LogP contribution in [0.15, 0.2) is 200 Å². The molecule has 0 bridgehead atoms. The van der Waals surface area contributed by atoms with E-state index < -0.39 is 0 Å². The molecule has 0 saturated carbocycles. The summed E-state index contributed by atoms with van der Waals surface area (Å²) in [6, 6.07) is 79.0. The van der Waals surface area contributed by atoms with E-state index in [1.807, 2.05) is 11.3 Å². The Labute approximate surface area is 570 Å². The van der Waals surface area contributed by atoms with E-state index in [-0.39, 0.29) is 44.6 Å². The van der Waals surface area contributed by atoms with Gasteiger partial charge >= 0.3 is 0 Å². The molecule has 0 amide bonds. The van der Waals surface area contributed by atoms with Gasteiger partial charge in [-0.15, -0.1) is 11.3 Å². The van der Waals surface area contributed by atoms with Crippen molar-refractivity contribution < 1.29 is 0 Å². The molecule has 2 aromatic heterocycles. The fourth-order valence-electron chi connectivity index (χ4n) is 15.7. The zero-order chi connectivity index (χ0) is 67.2. The van der Waals surface area contributed by atoms with Crippen LogP contribution < -0.4 is 31.1 Å². The lowest BCUT2D eigenvalue weighted by Gasteiger charge is -2.42. The van der Waals surface area contributed by atoms with Gasteiger partial charge in [0.25, 0.3) is 6.71 Å². The second-order valence-corrected chi connectivity index (χ2v) is 35.5. The number of anilines is 9. The first-order valence-electron chi connectivity index (χ1n) is 34.6. The Balaban J connectivity index is 1.11.